The number of carbonyl (C=O) groups excluding carboxylic acids is 2. The quantitative estimate of drug-likeness (QED) is 0.877. The Balaban J connectivity index is 1.70. The van der Waals surface area contributed by atoms with Gasteiger partial charge in [-0.3, -0.25) is 9.69 Å². The fourth-order valence-electron chi connectivity index (χ4n) is 2.95. The molecule has 0 aliphatic carbocycles. The summed E-state index contributed by atoms with van der Waals surface area (Å²) in [5.41, 5.74) is 1.19. The Labute approximate surface area is 135 Å². The molecule has 3 rings (SSSR count). The van der Waals surface area contributed by atoms with E-state index in [1.165, 1.54) is 21.2 Å². The summed E-state index contributed by atoms with van der Waals surface area (Å²) in [5, 5.41) is 5.09. The molecule has 1 unspecified atom stereocenters. The lowest BCUT2D eigenvalue weighted by Gasteiger charge is -2.24. The Kier molecular flexibility index (Phi) is 4.30. The van der Waals surface area contributed by atoms with Crippen LogP contribution in [0.15, 0.2) is 42.5 Å². The first-order chi connectivity index (χ1) is 11.1. The molecule has 2 N–H and O–H groups in total. The van der Waals surface area contributed by atoms with Gasteiger partial charge < -0.3 is 10.2 Å². The number of rotatable bonds is 4. The zero-order chi connectivity index (χ0) is 16.4. The summed E-state index contributed by atoms with van der Waals surface area (Å²) < 4.78 is 0. The molecule has 0 aromatic heterocycles. The van der Waals surface area contributed by atoms with Gasteiger partial charge in [0.05, 0.1) is 7.05 Å². The molecule has 120 valence electrons. The van der Waals surface area contributed by atoms with Crippen molar-refractivity contribution in [2.45, 2.75) is 19.5 Å². The Morgan fingerprint density at radius 2 is 2.00 bits per heavy atom. The van der Waals surface area contributed by atoms with Crippen LogP contribution in [-0.4, -0.2) is 43.0 Å². The highest BCUT2D eigenvalue weighted by molar-refractivity contribution is 5.97. The Morgan fingerprint density at radius 3 is 2.70 bits per heavy atom. The van der Waals surface area contributed by atoms with Crippen LogP contribution in [0.1, 0.15) is 12.5 Å². The SMILES string of the molecule is C[C@H](C(=O)N1CCNC1=O)[NH+](C)Cc1ccc2ccccc2c1. The third-order valence-electron chi connectivity index (χ3n) is 4.53. The van der Waals surface area contributed by atoms with Crippen LogP contribution in [-0.2, 0) is 11.3 Å². The normalized spacial score (nSPS) is 17.1. The topological polar surface area (TPSA) is 53.9 Å². The number of nitrogens with one attached hydrogen (secondary N) is 2. The second kappa shape index (κ2) is 6.38. The van der Waals surface area contributed by atoms with Gasteiger partial charge in [0.1, 0.15) is 6.54 Å². The van der Waals surface area contributed by atoms with Gasteiger partial charge in [0.25, 0.3) is 5.91 Å². The Hall–Kier alpha value is -2.40. The van der Waals surface area contributed by atoms with Crippen LogP contribution in [0.2, 0.25) is 0 Å². The summed E-state index contributed by atoms with van der Waals surface area (Å²) >= 11 is 0. The number of hydrogen-bond acceptors (Lipinski definition) is 2. The van der Waals surface area contributed by atoms with Gasteiger partial charge in [0.15, 0.2) is 6.04 Å². The fourth-order valence-corrected chi connectivity index (χ4v) is 2.95. The summed E-state index contributed by atoms with van der Waals surface area (Å²) in [4.78, 5) is 26.5. The molecule has 5 nitrogen and oxygen atoms in total. The number of carbonyl (C=O) groups is 2. The second-order valence-electron chi connectivity index (χ2n) is 6.15. The van der Waals surface area contributed by atoms with Crippen molar-refractivity contribution >= 4 is 22.7 Å². The molecule has 2 atom stereocenters. The maximum absolute atomic E-state index is 12.4. The fraction of sp³-hybridized carbons (Fsp3) is 0.333. The van der Waals surface area contributed by atoms with Crippen LogP contribution in [0.3, 0.4) is 0 Å². The van der Waals surface area contributed by atoms with Crippen molar-refractivity contribution in [1.29, 1.82) is 0 Å². The molecule has 1 saturated heterocycles. The summed E-state index contributed by atoms with van der Waals surface area (Å²) in [6.45, 7) is 3.63. The highest BCUT2D eigenvalue weighted by Gasteiger charge is 2.33. The lowest BCUT2D eigenvalue weighted by molar-refractivity contribution is -0.908. The number of nitrogens with zero attached hydrogens (tertiary/aromatic N) is 1. The molecule has 3 amide bonds. The minimum atomic E-state index is -0.277. The maximum atomic E-state index is 12.4. The lowest BCUT2D eigenvalue weighted by atomic mass is 10.1. The Bertz CT molecular complexity index is 744. The number of fused-ring (bicyclic) bond motifs is 1. The second-order valence-corrected chi connectivity index (χ2v) is 6.15. The smallest absolute Gasteiger partial charge is 0.324 e. The molecule has 2 aromatic carbocycles. The van der Waals surface area contributed by atoms with Gasteiger partial charge in [-0.2, -0.15) is 0 Å². The number of urea groups is 1. The molecule has 1 fully saturated rings. The molecule has 0 saturated carbocycles. The van der Waals surface area contributed by atoms with Gasteiger partial charge in [-0.1, -0.05) is 36.4 Å². The van der Waals surface area contributed by atoms with Gasteiger partial charge in [0.2, 0.25) is 0 Å². The van der Waals surface area contributed by atoms with E-state index in [1.807, 2.05) is 26.1 Å². The van der Waals surface area contributed by atoms with E-state index in [2.05, 4.69) is 35.6 Å². The van der Waals surface area contributed by atoms with Crippen molar-refractivity contribution < 1.29 is 14.5 Å². The van der Waals surface area contributed by atoms with Crippen molar-refractivity contribution in [3.05, 3.63) is 48.0 Å². The van der Waals surface area contributed by atoms with Crippen molar-refractivity contribution in [3.63, 3.8) is 0 Å². The molecule has 2 aromatic rings. The average Bonchev–Trinajstić information content (AvgIpc) is 2.99. The van der Waals surface area contributed by atoms with E-state index in [-0.39, 0.29) is 18.0 Å². The Morgan fingerprint density at radius 1 is 1.26 bits per heavy atom. The predicted octanol–water partition coefficient (Wildman–Crippen LogP) is 0.795. The number of likely N-dealkylation sites (N-methyl/N-ethyl adjacent to an activating group) is 1. The monoisotopic (exact) mass is 312 g/mol. The summed E-state index contributed by atoms with van der Waals surface area (Å²) in [5.74, 6) is -0.113. The van der Waals surface area contributed by atoms with Gasteiger partial charge in [0, 0.05) is 18.7 Å². The van der Waals surface area contributed by atoms with Gasteiger partial charge in [-0.25, -0.2) is 4.79 Å². The van der Waals surface area contributed by atoms with E-state index in [0.717, 1.165) is 11.4 Å². The van der Waals surface area contributed by atoms with E-state index in [4.69, 9.17) is 0 Å². The molecular formula is C18H22N3O2+. The summed E-state index contributed by atoms with van der Waals surface area (Å²) in [7, 11) is 1.99. The third-order valence-corrected chi connectivity index (χ3v) is 4.53. The van der Waals surface area contributed by atoms with E-state index in [1.54, 1.807) is 0 Å². The minimum absolute atomic E-state index is 0.113. The van der Waals surface area contributed by atoms with Crippen molar-refractivity contribution in [2.24, 2.45) is 0 Å². The first kappa shape index (κ1) is 15.5. The molecule has 0 bridgehead atoms. The number of imide groups is 1. The van der Waals surface area contributed by atoms with Crippen LogP contribution in [0.5, 0.6) is 0 Å². The molecule has 0 spiro atoms. The number of amides is 3. The van der Waals surface area contributed by atoms with Crippen LogP contribution in [0.25, 0.3) is 10.8 Å². The molecule has 23 heavy (non-hydrogen) atoms. The maximum Gasteiger partial charge on any atom is 0.324 e. The van der Waals surface area contributed by atoms with Crippen molar-refractivity contribution in [3.8, 4) is 0 Å². The van der Waals surface area contributed by atoms with Crippen LogP contribution < -0.4 is 10.2 Å². The first-order valence-corrected chi connectivity index (χ1v) is 7.95. The zero-order valence-electron chi connectivity index (χ0n) is 13.5. The van der Waals surface area contributed by atoms with Gasteiger partial charge in [-0.15, -0.1) is 0 Å². The van der Waals surface area contributed by atoms with Gasteiger partial charge >= 0.3 is 6.03 Å². The number of quaternary nitrogens is 1. The van der Waals surface area contributed by atoms with E-state index in [0.29, 0.717) is 13.1 Å². The number of hydrogen-bond donors (Lipinski definition) is 2. The molecule has 0 radical (unpaired) electrons. The molecular weight excluding hydrogens is 290 g/mol. The number of benzene rings is 2. The van der Waals surface area contributed by atoms with E-state index in [9.17, 15) is 9.59 Å². The molecule has 5 heteroatoms. The summed E-state index contributed by atoms with van der Waals surface area (Å²) in [6.07, 6.45) is 0. The highest BCUT2D eigenvalue weighted by atomic mass is 16.2. The third kappa shape index (κ3) is 3.19. The highest BCUT2D eigenvalue weighted by Crippen LogP contribution is 2.15. The van der Waals surface area contributed by atoms with Crippen molar-refractivity contribution in [2.75, 3.05) is 20.1 Å². The summed E-state index contributed by atoms with van der Waals surface area (Å²) in [6, 6.07) is 14.1. The van der Waals surface area contributed by atoms with Crippen LogP contribution in [0.4, 0.5) is 4.79 Å². The molecule has 1 aliphatic heterocycles. The van der Waals surface area contributed by atoms with E-state index < -0.39 is 0 Å². The molecule has 1 heterocycles. The minimum Gasteiger partial charge on any atom is -0.336 e. The van der Waals surface area contributed by atoms with Crippen LogP contribution >= 0.6 is 0 Å². The molecule has 1 aliphatic rings. The van der Waals surface area contributed by atoms with Crippen LogP contribution in [0, 0.1) is 0 Å². The standard InChI is InChI=1S/C18H21N3O2/c1-13(17(22)21-10-9-19-18(21)23)20(2)12-14-7-8-15-5-3-4-6-16(15)11-14/h3-8,11,13H,9-10,12H2,1-2H3,(H,19,23)/p+1/t13-/m1/s1. The average molecular weight is 312 g/mol. The zero-order valence-corrected chi connectivity index (χ0v) is 13.5. The lowest BCUT2D eigenvalue weighted by Crippen LogP contribution is -3.12. The van der Waals surface area contributed by atoms with E-state index >= 15 is 0 Å². The first-order valence-electron chi connectivity index (χ1n) is 7.95. The van der Waals surface area contributed by atoms with Crippen molar-refractivity contribution in [1.82, 2.24) is 10.2 Å². The largest absolute Gasteiger partial charge is 0.336 e. The van der Waals surface area contributed by atoms with Gasteiger partial charge in [-0.05, 0) is 23.8 Å². The predicted molar refractivity (Wildman–Crippen MR) is 89.1 cm³/mol.